The third kappa shape index (κ3) is 0.958. The Labute approximate surface area is 61.8 Å². The van der Waals surface area contributed by atoms with E-state index in [4.69, 9.17) is 0 Å². The maximum absolute atomic E-state index is 10.7. The molecule has 0 saturated heterocycles. The van der Waals surface area contributed by atoms with Crippen molar-refractivity contribution in [2.75, 3.05) is 0 Å². The summed E-state index contributed by atoms with van der Waals surface area (Å²) in [5, 5.41) is 10.7. The molecule has 0 aromatic carbocycles. The van der Waals surface area contributed by atoms with Crippen molar-refractivity contribution in [3.8, 4) is 5.88 Å². The summed E-state index contributed by atoms with van der Waals surface area (Å²) in [6.07, 6.45) is 3.95. The van der Waals surface area contributed by atoms with Gasteiger partial charge in [0.05, 0.1) is 12.4 Å². The normalized spacial score (nSPS) is 10.2. The second kappa shape index (κ2) is 2.12. The summed E-state index contributed by atoms with van der Waals surface area (Å²) in [5.74, 6) is -0.368. The van der Waals surface area contributed by atoms with Gasteiger partial charge in [-0.05, 0) is 0 Å². The van der Waals surface area contributed by atoms with E-state index in [-0.39, 0.29) is 5.88 Å². The van der Waals surface area contributed by atoms with E-state index < -0.39 is 0 Å². The Hall–Kier alpha value is -1.78. The predicted molar refractivity (Wildman–Crippen MR) is 35.3 cm³/mol. The molecule has 2 rings (SSSR count). The van der Waals surface area contributed by atoms with E-state index in [1.807, 2.05) is 0 Å². The van der Waals surface area contributed by atoms with E-state index >= 15 is 0 Å². The lowest BCUT2D eigenvalue weighted by atomic mass is 10.5. The van der Waals surface area contributed by atoms with Crippen LogP contribution in [0.1, 0.15) is 0 Å². The van der Waals surface area contributed by atoms with Crippen molar-refractivity contribution in [1.29, 1.82) is 0 Å². The number of nitrogens with zero attached hydrogens (tertiary/aromatic N) is 4. The van der Waals surface area contributed by atoms with Crippen LogP contribution in [0.3, 0.4) is 0 Å². The molecule has 53 valence electrons. The number of hydrogen-bond donors (Lipinski definition) is 0. The zero-order chi connectivity index (χ0) is 7.68. The van der Waals surface area contributed by atoms with Crippen molar-refractivity contribution < 1.29 is 5.11 Å². The van der Waals surface area contributed by atoms with Crippen molar-refractivity contribution in [2.45, 2.75) is 0 Å². The molecule has 2 aromatic rings. The molecule has 0 N–H and O–H groups in total. The first-order chi connectivity index (χ1) is 5.36. The number of fused-ring (bicyclic) bond motifs is 1. The fourth-order valence-electron chi connectivity index (χ4n) is 0.758. The largest absolute Gasteiger partial charge is 0.288 e. The highest BCUT2D eigenvalue weighted by molar-refractivity contribution is 5.67. The van der Waals surface area contributed by atoms with Gasteiger partial charge in [-0.2, -0.15) is 0 Å². The molecule has 0 fully saturated rings. The Morgan fingerprint density at radius 1 is 1.18 bits per heavy atom. The van der Waals surface area contributed by atoms with Crippen LogP contribution in [0, 0.1) is 0 Å². The Balaban J connectivity index is 2.83. The van der Waals surface area contributed by atoms with Crippen LogP contribution in [-0.2, 0) is 5.11 Å². The number of aromatic nitrogens is 4. The lowest BCUT2D eigenvalue weighted by Gasteiger charge is -1.90. The van der Waals surface area contributed by atoms with E-state index in [2.05, 4.69) is 19.9 Å². The first-order valence-corrected chi connectivity index (χ1v) is 2.96. The van der Waals surface area contributed by atoms with Crippen LogP contribution in [-0.4, -0.2) is 19.9 Å². The zero-order valence-corrected chi connectivity index (χ0v) is 5.43. The third-order valence-electron chi connectivity index (χ3n) is 1.20. The molecule has 1 radical (unpaired) electrons. The zero-order valence-electron chi connectivity index (χ0n) is 5.43. The highest BCUT2D eigenvalue weighted by Gasteiger charge is 1.98. The van der Waals surface area contributed by atoms with E-state index in [1.165, 1.54) is 12.5 Å². The Morgan fingerprint density at radius 2 is 2.09 bits per heavy atom. The van der Waals surface area contributed by atoms with Gasteiger partial charge in [0.15, 0.2) is 5.65 Å². The molecule has 0 aliphatic rings. The van der Waals surface area contributed by atoms with Gasteiger partial charge in [-0.25, -0.2) is 19.9 Å². The molecule has 0 atom stereocenters. The standard InChI is InChI=1S/C6H3N4O/c11-5-2-8-6-4(10-5)1-7-3-9-6/h1-3H. The predicted octanol–water partition coefficient (Wildman–Crippen LogP) is 0.564. The summed E-state index contributed by atoms with van der Waals surface area (Å²) >= 11 is 0. The summed E-state index contributed by atoms with van der Waals surface area (Å²) in [6.45, 7) is 0. The topological polar surface area (TPSA) is 71.5 Å². The van der Waals surface area contributed by atoms with Crippen molar-refractivity contribution >= 4 is 11.2 Å². The average Bonchev–Trinajstić information content (AvgIpc) is 2.04. The van der Waals surface area contributed by atoms with E-state index in [1.54, 1.807) is 0 Å². The molecule has 0 aliphatic heterocycles. The minimum atomic E-state index is -0.368. The monoisotopic (exact) mass is 147 g/mol. The Bertz CT molecular complexity index is 389. The number of hydrogen-bond acceptors (Lipinski definition) is 4. The molecule has 2 heterocycles. The molecule has 0 unspecified atom stereocenters. The highest BCUT2D eigenvalue weighted by Crippen LogP contribution is 2.07. The molecular formula is C6H3N4O. The van der Waals surface area contributed by atoms with Crippen LogP contribution in [0.2, 0.25) is 0 Å². The summed E-state index contributed by atoms with van der Waals surface area (Å²) in [6, 6.07) is 0. The van der Waals surface area contributed by atoms with E-state index in [0.29, 0.717) is 11.2 Å². The third-order valence-corrected chi connectivity index (χ3v) is 1.20. The van der Waals surface area contributed by atoms with E-state index in [9.17, 15) is 5.11 Å². The van der Waals surface area contributed by atoms with Crippen LogP contribution < -0.4 is 0 Å². The molecule has 0 saturated carbocycles. The lowest BCUT2D eigenvalue weighted by Crippen LogP contribution is -1.86. The van der Waals surface area contributed by atoms with Gasteiger partial charge in [0.1, 0.15) is 11.8 Å². The first kappa shape index (κ1) is 5.96. The number of rotatable bonds is 0. The fraction of sp³-hybridized carbons (Fsp3) is 0. The van der Waals surface area contributed by atoms with Crippen molar-refractivity contribution in [3.63, 3.8) is 0 Å². The van der Waals surface area contributed by atoms with Crippen molar-refractivity contribution in [1.82, 2.24) is 19.9 Å². The molecule has 5 heteroatoms. The lowest BCUT2D eigenvalue weighted by molar-refractivity contribution is 0.337. The smallest absolute Gasteiger partial charge is 0.266 e. The van der Waals surface area contributed by atoms with Gasteiger partial charge >= 0.3 is 0 Å². The highest BCUT2D eigenvalue weighted by atomic mass is 16.3. The van der Waals surface area contributed by atoms with Crippen LogP contribution >= 0.6 is 0 Å². The van der Waals surface area contributed by atoms with Crippen LogP contribution in [0.4, 0.5) is 0 Å². The van der Waals surface area contributed by atoms with Crippen LogP contribution in [0.25, 0.3) is 11.2 Å². The quantitative estimate of drug-likeness (QED) is 0.545. The van der Waals surface area contributed by atoms with Gasteiger partial charge < -0.3 is 0 Å². The summed E-state index contributed by atoms with van der Waals surface area (Å²) in [4.78, 5) is 14.9. The van der Waals surface area contributed by atoms with Gasteiger partial charge in [0, 0.05) is 0 Å². The van der Waals surface area contributed by atoms with Crippen molar-refractivity contribution in [2.24, 2.45) is 0 Å². The molecule has 0 amide bonds. The molecular weight excluding hydrogens is 144 g/mol. The minimum Gasteiger partial charge on any atom is -0.266 e. The molecule has 0 spiro atoms. The SMILES string of the molecule is [O]c1cnc2ncncc2n1. The van der Waals surface area contributed by atoms with Gasteiger partial charge in [-0.3, -0.25) is 5.11 Å². The van der Waals surface area contributed by atoms with Gasteiger partial charge in [0.2, 0.25) is 0 Å². The minimum absolute atomic E-state index is 0.368. The van der Waals surface area contributed by atoms with Crippen LogP contribution in [0.5, 0.6) is 5.88 Å². The fourth-order valence-corrected chi connectivity index (χ4v) is 0.758. The van der Waals surface area contributed by atoms with Gasteiger partial charge in [0.25, 0.3) is 5.88 Å². The molecule has 2 aromatic heterocycles. The summed E-state index contributed by atoms with van der Waals surface area (Å²) in [7, 11) is 0. The maximum Gasteiger partial charge on any atom is 0.288 e. The Morgan fingerprint density at radius 3 is 3.00 bits per heavy atom. The average molecular weight is 147 g/mol. The maximum atomic E-state index is 10.7. The molecule has 5 nitrogen and oxygen atoms in total. The summed E-state index contributed by atoms with van der Waals surface area (Å²) < 4.78 is 0. The Kier molecular flexibility index (Phi) is 1.15. The second-order valence-corrected chi connectivity index (χ2v) is 1.94. The second-order valence-electron chi connectivity index (χ2n) is 1.94. The molecule has 0 bridgehead atoms. The van der Waals surface area contributed by atoms with Crippen LogP contribution in [0.15, 0.2) is 18.7 Å². The first-order valence-electron chi connectivity index (χ1n) is 2.96. The van der Waals surface area contributed by atoms with Crippen molar-refractivity contribution in [3.05, 3.63) is 18.7 Å². The van der Waals surface area contributed by atoms with Gasteiger partial charge in [-0.1, -0.05) is 0 Å². The summed E-state index contributed by atoms with van der Waals surface area (Å²) in [5.41, 5.74) is 0.875. The molecule has 11 heavy (non-hydrogen) atoms. The van der Waals surface area contributed by atoms with Gasteiger partial charge in [-0.15, -0.1) is 0 Å². The molecule has 0 aliphatic carbocycles. The van der Waals surface area contributed by atoms with E-state index in [0.717, 1.165) is 6.20 Å².